The first-order valence-electron chi connectivity index (χ1n) is 5.74. The predicted molar refractivity (Wildman–Crippen MR) is 71.3 cm³/mol. The zero-order chi connectivity index (χ0) is 12.4. The molecule has 1 aliphatic rings. The molecule has 5 nitrogen and oxygen atoms in total. The van der Waals surface area contributed by atoms with Crippen LogP contribution in [0.25, 0.3) is 0 Å². The van der Waals surface area contributed by atoms with Crippen molar-refractivity contribution in [3.8, 4) is 0 Å². The summed E-state index contributed by atoms with van der Waals surface area (Å²) in [5.41, 5.74) is 0. The molecule has 2 unspecified atom stereocenters. The number of nitrogens with one attached hydrogen (secondary N) is 1. The van der Waals surface area contributed by atoms with Gasteiger partial charge in [-0.25, -0.2) is 9.97 Å². The molecule has 1 fully saturated rings. The van der Waals surface area contributed by atoms with Gasteiger partial charge in [0.2, 0.25) is 0 Å². The van der Waals surface area contributed by atoms with E-state index in [9.17, 15) is 5.11 Å². The van der Waals surface area contributed by atoms with Gasteiger partial charge < -0.3 is 15.3 Å². The van der Waals surface area contributed by atoms with Crippen molar-refractivity contribution in [3.05, 3.63) is 10.8 Å². The number of rotatable bonds is 2. The molecular formula is C11H17BrN4O. The Bertz CT molecular complexity index is 401. The number of aliphatic hydroxyl groups excluding tert-OH is 1. The van der Waals surface area contributed by atoms with Crippen LogP contribution < -0.4 is 10.2 Å². The summed E-state index contributed by atoms with van der Waals surface area (Å²) < 4.78 is 0.881. The average Bonchev–Trinajstić information content (AvgIpc) is 2.33. The second-order valence-corrected chi connectivity index (χ2v) is 5.18. The van der Waals surface area contributed by atoms with E-state index in [1.54, 1.807) is 6.33 Å². The summed E-state index contributed by atoms with van der Waals surface area (Å²) in [5.74, 6) is 1.94. The Balaban J connectivity index is 2.23. The minimum atomic E-state index is -0.198. The number of hydrogen-bond acceptors (Lipinski definition) is 5. The lowest BCUT2D eigenvalue weighted by molar-refractivity contribution is 0.0968. The zero-order valence-electron chi connectivity index (χ0n) is 10.0. The number of anilines is 2. The van der Waals surface area contributed by atoms with Gasteiger partial charge in [0.1, 0.15) is 22.4 Å². The predicted octanol–water partition coefficient (Wildman–Crippen LogP) is 1.49. The van der Waals surface area contributed by atoms with E-state index >= 15 is 0 Å². The van der Waals surface area contributed by atoms with Crippen LogP contribution in [0.1, 0.15) is 13.3 Å². The van der Waals surface area contributed by atoms with Crippen molar-refractivity contribution in [1.29, 1.82) is 0 Å². The van der Waals surface area contributed by atoms with Crippen molar-refractivity contribution in [2.75, 3.05) is 30.4 Å². The molecule has 2 rings (SSSR count). The Morgan fingerprint density at radius 2 is 2.29 bits per heavy atom. The van der Waals surface area contributed by atoms with Gasteiger partial charge in [-0.2, -0.15) is 0 Å². The molecule has 6 heteroatoms. The summed E-state index contributed by atoms with van der Waals surface area (Å²) in [6, 6.07) is 0. The first kappa shape index (κ1) is 12.6. The van der Waals surface area contributed by atoms with E-state index in [-0.39, 0.29) is 12.0 Å². The Kier molecular flexibility index (Phi) is 3.83. The van der Waals surface area contributed by atoms with E-state index in [0.717, 1.165) is 35.6 Å². The highest BCUT2D eigenvalue weighted by Crippen LogP contribution is 2.31. The van der Waals surface area contributed by atoms with E-state index in [1.165, 1.54) is 0 Å². The molecule has 1 aliphatic heterocycles. The quantitative estimate of drug-likeness (QED) is 0.866. The molecule has 1 aromatic rings. The van der Waals surface area contributed by atoms with E-state index in [4.69, 9.17) is 0 Å². The van der Waals surface area contributed by atoms with Crippen LogP contribution in [0.5, 0.6) is 0 Å². The van der Waals surface area contributed by atoms with E-state index < -0.39 is 0 Å². The normalized spacial score (nSPS) is 24.8. The van der Waals surface area contributed by atoms with Gasteiger partial charge in [0.25, 0.3) is 0 Å². The highest BCUT2D eigenvalue weighted by molar-refractivity contribution is 9.10. The fraction of sp³-hybridized carbons (Fsp3) is 0.636. The van der Waals surface area contributed by atoms with Gasteiger partial charge in [0, 0.05) is 20.1 Å². The van der Waals surface area contributed by atoms with E-state index in [0.29, 0.717) is 0 Å². The minimum absolute atomic E-state index is 0.198. The second-order valence-electron chi connectivity index (χ2n) is 4.39. The molecule has 0 bridgehead atoms. The third-order valence-electron chi connectivity index (χ3n) is 3.17. The van der Waals surface area contributed by atoms with Crippen LogP contribution in [0.15, 0.2) is 10.8 Å². The molecule has 2 N–H and O–H groups in total. The molecule has 0 amide bonds. The number of aromatic nitrogens is 2. The Morgan fingerprint density at radius 3 is 2.94 bits per heavy atom. The highest BCUT2D eigenvalue weighted by atomic mass is 79.9. The lowest BCUT2D eigenvalue weighted by Crippen LogP contribution is -2.42. The summed E-state index contributed by atoms with van der Waals surface area (Å²) in [7, 11) is 1.83. The van der Waals surface area contributed by atoms with Crippen LogP contribution in [-0.2, 0) is 0 Å². The van der Waals surface area contributed by atoms with Crippen molar-refractivity contribution in [3.63, 3.8) is 0 Å². The number of aliphatic hydroxyl groups is 1. The monoisotopic (exact) mass is 300 g/mol. The van der Waals surface area contributed by atoms with Gasteiger partial charge >= 0.3 is 0 Å². The summed E-state index contributed by atoms with van der Waals surface area (Å²) in [5, 5.41) is 12.7. The number of piperidine rings is 1. The SMILES string of the molecule is CNc1ncnc(N2CCC(O)C(C)C2)c1Br. The summed E-state index contributed by atoms with van der Waals surface area (Å²) >= 11 is 3.52. The van der Waals surface area contributed by atoms with Crippen LogP contribution >= 0.6 is 15.9 Å². The maximum atomic E-state index is 9.73. The van der Waals surface area contributed by atoms with Gasteiger partial charge in [0.15, 0.2) is 0 Å². The van der Waals surface area contributed by atoms with Crippen molar-refractivity contribution in [1.82, 2.24) is 9.97 Å². The molecule has 17 heavy (non-hydrogen) atoms. The molecule has 0 radical (unpaired) electrons. The van der Waals surface area contributed by atoms with Crippen LogP contribution in [-0.4, -0.2) is 41.3 Å². The van der Waals surface area contributed by atoms with Crippen molar-refractivity contribution in [2.24, 2.45) is 5.92 Å². The molecule has 94 valence electrons. The smallest absolute Gasteiger partial charge is 0.148 e. The fourth-order valence-corrected chi connectivity index (χ4v) is 2.73. The first-order valence-corrected chi connectivity index (χ1v) is 6.54. The van der Waals surface area contributed by atoms with Crippen LogP contribution in [0.3, 0.4) is 0 Å². The van der Waals surface area contributed by atoms with Gasteiger partial charge in [-0.05, 0) is 28.3 Å². The van der Waals surface area contributed by atoms with Crippen LogP contribution in [0.2, 0.25) is 0 Å². The molecule has 1 aromatic heterocycles. The van der Waals surface area contributed by atoms with Gasteiger partial charge in [-0.1, -0.05) is 6.92 Å². The topological polar surface area (TPSA) is 61.3 Å². The standard InChI is InChI=1S/C11H17BrN4O/c1-7-5-16(4-3-8(7)17)11-9(12)10(13-2)14-6-15-11/h6-8,17H,3-5H2,1-2H3,(H,13,14,15). The minimum Gasteiger partial charge on any atom is -0.393 e. The summed E-state index contributed by atoms with van der Waals surface area (Å²) in [4.78, 5) is 10.6. The third kappa shape index (κ3) is 2.52. The van der Waals surface area contributed by atoms with E-state index in [1.807, 2.05) is 7.05 Å². The average molecular weight is 301 g/mol. The molecule has 0 spiro atoms. The maximum absolute atomic E-state index is 9.73. The molecule has 0 aliphatic carbocycles. The molecular weight excluding hydrogens is 284 g/mol. The third-order valence-corrected chi connectivity index (χ3v) is 3.90. The highest BCUT2D eigenvalue weighted by Gasteiger charge is 2.26. The zero-order valence-corrected chi connectivity index (χ0v) is 11.6. The number of nitrogens with zero attached hydrogens (tertiary/aromatic N) is 3. The molecule has 0 saturated carbocycles. The molecule has 1 saturated heterocycles. The summed E-state index contributed by atoms with van der Waals surface area (Å²) in [6.07, 6.45) is 2.14. The Morgan fingerprint density at radius 1 is 1.53 bits per heavy atom. The van der Waals surface area contributed by atoms with Gasteiger partial charge in [-0.3, -0.25) is 0 Å². The largest absolute Gasteiger partial charge is 0.393 e. The van der Waals surface area contributed by atoms with Gasteiger partial charge in [0.05, 0.1) is 6.10 Å². The maximum Gasteiger partial charge on any atom is 0.148 e. The van der Waals surface area contributed by atoms with Gasteiger partial charge in [-0.15, -0.1) is 0 Å². The molecule has 2 atom stereocenters. The first-order chi connectivity index (χ1) is 8.13. The van der Waals surface area contributed by atoms with Crippen LogP contribution in [0.4, 0.5) is 11.6 Å². The van der Waals surface area contributed by atoms with Crippen molar-refractivity contribution >= 4 is 27.6 Å². The molecule has 0 aromatic carbocycles. The fourth-order valence-electron chi connectivity index (χ4n) is 2.08. The lowest BCUT2D eigenvalue weighted by Gasteiger charge is -2.35. The van der Waals surface area contributed by atoms with E-state index in [2.05, 4.69) is 43.0 Å². The van der Waals surface area contributed by atoms with Crippen LogP contribution in [0, 0.1) is 5.92 Å². The van der Waals surface area contributed by atoms with Crippen molar-refractivity contribution in [2.45, 2.75) is 19.4 Å². The second kappa shape index (κ2) is 5.18. The Labute approximate surface area is 109 Å². The molecule has 2 heterocycles. The number of hydrogen-bond donors (Lipinski definition) is 2. The van der Waals surface area contributed by atoms with Crippen molar-refractivity contribution < 1.29 is 5.11 Å². The Hall–Kier alpha value is -0.880. The lowest BCUT2D eigenvalue weighted by atomic mass is 9.97. The summed E-state index contributed by atoms with van der Waals surface area (Å²) in [6.45, 7) is 3.70. The number of halogens is 1.